The van der Waals surface area contributed by atoms with Crippen molar-refractivity contribution in [1.82, 2.24) is 14.5 Å². The third kappa shape index (κ3) is 3.21. The van der Waals surface area contributed by atoms with Gasteiger partial charge in [0.05, 0.1) is 10.9 Å². The monoisotopic (exact) mass is 415 g/mol. The largest absolute Gasteiger partial charge is 0.387 e. The van der Waals surface area contributed by atoms with Crippen LogP contribution in [-0.2, 0) is 4.74 Å². The number of rotatable bonds is 2. The fraction of sp³-hybridized carbons (Fsp3) is 0.217. The molecule has 3 heterocycles. The smallest absolute Gasteiger partial charge is 0.164 e. The zero-order chi connectivity index (χ0) is 21.5. The first-order valence-corrected chi connectivity index (χ1v) is 9.91. The highest BCUT2D eigenvalue weighted by Gasteiger charge is 2.43. The predicted octanol–water partition coefficient (Wildman–Crippen LogP) is 1.14. The summed E-state index contributed by atoms with van der Waals surface area (Å²) in [5.74, 6) is 6.67. The SMILES string of the molecule is NC[C@H]1O[C@@H](n2cc(C#Cc3cccc4ccccc34)c3c(N)ncnc32)[C@H](O)[C@@H]1O. The lowest BCUT2D eigenvalue weighted by molar-refractivity contribution is -0.0318. The van der Waals surface area contributed by atoms with Crippen LogP contribution in [0.25, 0.3) is 21.8 Å². The molecule has 0 unspecified atom stereocenters. The number of aromatic nitrogens is 3. The minimum Gasteiger partial charge on any atom is -0.387 e. The van der Waals surface area contributed by atoms with Gasteiger partial charge in [-0.05, 0) is 16.8 Å². The van der Waals surface area contributed by atoms with E-state index in [1.165, 1.54) is 6.33 Å². The first-order chi connectivity index (χ1) is 15.1. The maximum absolute atomic E-state index is 10.5. The van der Waals surface area contributed by atoms with Gasteiger partial charge in [-0.3, -0.25) is 0 Å². The summed E-state index contributed by atoms with van der Waals surface area (Å²) in [6, 6.07) is 14.0. The number of aliphatic hydroxyl groups is 2. The van der Waals surface area contributed by atoms with E-state index < -0.39 is 24.5 Å². The number of aliphatic hydroxyl groups excluding tert-OH is 2. The highest BCUT2D eigenvalue weighted by atomic mass is 16.6. The van der Waals surface area contributed by atoms with Crippen LogP contribution in [0.3, 0.4) is 0 Å². The summed E-state index contributed by atoms with van der Waals surface area (Å²) in [6.45, 7) is 0.0821. The number of benzene rings is 2. The molecule has 6 N–H and O–H groups in total. The van der Waals surface area contributed by atoms with E-state index in [-0.39, 0.29) is 12.4 Å². The van der Waals surface area contributed by atoms with Gasteiger partial charge in [-0.25, -0.2) is 9.97 Å². The number of hydrogen-bond acceptors (Lipinski definition) is 7. The van der Waals surface area contributed by atoms with Crippen LogP contribution < -0.4 is 11.5 Å². The second-order valence-corrected chi connectivity index (χ2v) is 7.47. The third-order valence-corrected chi connectivity index (χ3v) is 5.60. The van der Waals surface area contributed by atoms with Gasteiger partial charge in [0.1, 0.15) is 36.1 Å². The third-order valence-electron chi connectivity index (χ3n) is 5.60. The average Bonchev–Trinajstić information content (AvgIpc) is 3.30. The number of nitrogens with two attached hydrogens (primary N) is 2. The Morgan fingerprint density at radius 1 is 1.00 bits per heavy atom. The molecule has 156 valence electrons. The number of hydrogen-bond donors (Lipinski definition) is 4. The van der Waals surface area contributed by atoms with Gasteiger partial charge < -0.3 is 31.0 Å². The van der Waals surface area contributed by atoms with Gasteiger partial charge in [-0.15, -0.1) is 0 Å². The second-order valence-electron chi connectivity index (χ2n) is 7.47. The molecule has 4 aromatic rings. The minimum atomic E-state index is -1.17. The molecule has 0 bridgehead atoms. The van der Waals surface area contributed by atoms with Crippen LogP contribution in [0, 0.1) is 11.8 Å². The normalized spacial score (nSPS) is 23.2. The van der Waals surface area contributed by atoms with Gasteiger partial charge in [0, 0.05) is 18.3 Å². The summed E-state index contributed by atoms with van der Waals surface area (Å²) in [6.07, 6.45) is -0.756. The molecule has 1 aliphatic rings. The summed E-state index contributed by atoms with van der Waals surface area (Å²) in [5, 5.41) is 23.5. The topological polar surface area (TPSA) is 132 Å². The molecular weight excluding hydrogens is 394 g/mol. The lowest BCUT2D eigenvalue weighted by atomic mass is 10.0. The Bertz CT molecular complexity index is 1330. The Balaban J connectivity index is 1.64. The first kappa shape index (κ1) is 19.5. The number of ether oxygens (including phenoxy) is 1. The molecule has 8 heteroatoms. The van der Waals surface area contributed by atoms with Crippen molar-refractivity contribution in [2.24, 2.45) is 5.73 Å². The molecule has 8 nitrogen and oxygen atoms in total. The van der Waals surface area contributed by atoms with Crippen LogP contribution in [-0.4, -0.2) is 49.6 Å². The molecule has 2 aromatic heterocycles. The maximum atomic E-state index is 10.5. The summed E-state index contributed by atoms with van der Waals surface area (Å²) in [7, 11) is 0. The van der Waals surface area contributed by atoms with Crippen molar-refractivity contribution < 1.29 is 14.9 Å². The molecule has 4 atom stereocenters. The highest BCUT2D eigenvalue weighted by Crippen LogP contribution is 2.34. The van der Waals surface area contributed by atoms with Crippen LogP contribution >= 0.6 is 0 Å². The quantitative estimate of drug-likeness (QED) is 0.361. The molecule has 1 aliphatic heterocycles. The van der Waals surface area contributed by atoms with E-state index in [4.69, 9.17) is 16.2 Å². The maximum Gasteiger partial charge on any atom is 0.164 e. The van der Waals surface area contributed by atoms with E-state index in [1.54, 1.807) is 10.8 Å². The zero-order valence-electron chi connectivity index (χ0n) is 16.5. The van der Waals surface area contributed by atoms with Crippen molar-refractivity contribution in [3.05, 3.63) is 66.1 Å². The van der Waals surface area contributed by atoms with Gasteiger partial charge in [0.25, 0.3) is 0 Å². The number of nitrogens with zero attached hydrogens (tertiary/aromatic N) is 3. The first-order valence-electron chi connectivity index (χ1n) is 9.91. The molecule has 0 radical (unpaired) electrons. The van der Waals surface area contributed by atoms with Gasteiger partial charge in [-0.2, -0.15) is 0 Å². The lowest BCUT2D eigenvalue weighted by Gasteiger charge is -2.17. The van der Waals surface area contributed by atoms with Gasteiger partial charge in [0.2, 0.25) is 0 Å². The standard InChI is InChI=1S/C23H21N5O3/c24-10-17-19(29)20(30)23(31-17)28-11-15(18-21(25)26-12-27-22(18)28)9-8-14-6-3-5-13-4-1-2-7-16(13)14/h1-7,11-12,17,19-20,23,29-30H,10,24H2,(H2,25,26,27)/t17-,19-,20-,23-/m1/s1. The molecular formula is C23H21N5O3. The molecule has 0 aliphatic carbocycles. The van der Waals surface area contributed by atoms with E-state index in [9.17, 15) is 10.2 Å². The molecule has 1 fully saturated rings. The predicted molar refractivity (Wildman–Crippen MR) is 117 cm³/mol. The summed E-state index contributed by atoms with van der Waals surface area (Å²) >= 11 is 0. The highest BCUT2D eigenvalue weighted by molar-refractivity contribution is 5.93. The molecule has 1 saturated heterocycles. The number of nitrogen functional groups attached to an aromatic ring is 1. The van der Waals surface area contributed by atoms with Crippen LogP contribution in [0.2, 0.25) is 0 Å². The zero-order valence-corrected chi connectivity index (χ0v) is 16.5. The fourth-order valence-corrected chi connectivity index (χ4v) is 4.02. The van der Waals surface area contributed by atoms with Crippen molar-refractivity contribution in [1.29, 1.82) is 0 Å². The molecule has 0 saturated carbocycles. The van der Waals surface area contributed by atoms with Gasteiger partial charge in [0.15, 0.2) is 6.23 Å². The minimum absolute atomic E-state index is 0.0821. The van der Waals surface area contributed by atoms with Crippen molar-refractivity contribution in [3.8, 4) is 11.8 Å². The van der Waals surface area contributed by atoms with E-state index in [0.29, 0.717) is 16.6 Å². The molecule has 31 heavy (non-hydrogen) atoms. The molecule has 0 amide bonds. The van der Waals surface area contributed by atoms with Crippen molar-refractivity contribution >= 4 is 27.6 Å². The van der Waals surface area contributed by atoms with E-state index >= 15 is 0 Å². The van der Waals surface area contributed by atoms with E-state index in [2.05, 4.69) is 21.8 Å². The van der Waals surface area contributed by atoms with E-state index in [1.807, 2.05) is 42.5 Å². The van der Waals surface area contributed by atoms with Gasteiger partial charge in [-0.1, -0.05) is 48.2 Å². The summed E-state index contributed by atoms with van der Waals surface area (Å²) < 4.78 is 7.42. The average molecular weight is 415 g/mol. The van der Waals surface area contributed by atoms with Crippen LogP contribution in [0.15, 0.2) is 55.0 Å². The summed E-state index contributed by atoms with van der Waals surface area (Å²) in [5.41, 5.74) is 13.7. The Labute approximate surface area is 178 Å². The lowest BCUT2D eigenvalue weighted by Crippen LogP contribution is -2.35. The van der Waals surface area contributed by atoms with E-state index in [0.717, 1.165) is 16.3 Å². The number of anilines is 1. The van der Waals surface area contributed by atoms with Gasteiger partial charge >= 0.3 is 0 Å². The molecule has 5 rings (SSSR count). The number of fused-ring (bicyclic) bond motifs is 2. The van der Waals surface area contributed by atoms with Crippen LogP contribution in [0.4, 0.5) is 5.82 Å². The Morgan fingerprint density at radius 2 is 1.77 bits per heavy atom. The summed E-state index contributed by atoms with van der Waals surface area (Å²) in [4.78, 5) is 8.41. The Hall–Kier alpha value is -3.48. The van der Waals surface area contributed by atoms with Crippen molar-refractivity contribution in [2.45, 2.75) is 24.5 Å². The van der Waals surface area contributed by atoms with Crippen LogP contribution in [0.1, 0.15) is 17.4 Å². The fourth-order valence-electron chi connectivity index (χ4n) is 4.02. The molecule has 2 aromatic carbocycles. The Kier molecular flexibility index (Phi) is 4.81. The molecule has 0 spiro atoms. The van der Waals surface area contributed by atoms with Crippen LogP contribution in [0.5, 0.6) is 0 Å². The Morgan fingerprint density at radius 3 is 2.58 bits per heavy atom. The van der Waals surface area contributed by atoms with Crippen molar-refractivity contribution in [3.63, 3.8) is 0 Å². The van der Waals surface area contributed by atoms with Crippen molar-refractivity contribution in [2.75, 3.05) is 12.3 Å². The second kappa shape index (κ2) is 7.65.